The molecule has 0 radical (unpaired) electrons. The highest BCUT2D eigenvalue weighted by Gasteiger charge is 2.25. The van der Waals surface area contributed by atoms with Gasteiger partial charge in [0.05, 0.1) is 13.7 Å². The van der Waals surface area contributed by atoms with Crippen LogP contribution in [0.15, 0.2) is 66.7 Å². The van der Waals surface area contributed by atoms with Crippen LogP contribution >= 0.6 is 0 Å². The van der Waals surface area contributed by atoms with Crippen LogP contribution in [0.25, 0.3) is 0 Å². The Morgan fingerprint density at radius 2 is 1.74 bits per heavy atom. The molecule has 0 saturated heterocycles. The van der Waals surface area contributed by atoms with Crippen LogP contribution in [0.4, 0.5) is 4.39 Å². The van der Waals surface area contributed by atoms with Gasteiger partial charge in [-0.05, 0) is 24.3 Å². The van der Waals surface area contributed by atoms with Crippen LogP contribution in [0.3, 0.4) is 0 Å². The maximum absolute atomic E-state index is 14.1. The van der Waals surface area contributed by atoms with Gasteiger partial charge in [0.1, 0.15) is 18.2 Å². The molecule has 5 heteroatoms. The van der Waals surface area contributed by atoms with Crippen molar-refractivity contribution < 1.29 is 23.3 Å². The van der Waals surface area contributed by atoms with Gasteiger partial charge in [0.25, 0.3) is 0 Å². The summed E-state index contributed by atoms with van der Waals surface area (Å²) in [5, 5.41) is 0. The topological polar surface area (TPSA) is 36.9 Å². The Labute approximate surface area is 157 Å². The number of hydrogen-bond acceptors (Lipinski definition) is 4. The lowest BCUT2D eigenvalue weighted by Gasteiger charge is -2.28. The van der Waals surface area contributed by atoms with Gasteiger partial charge < -0.3 is 18.9 Å². The van der Waals surface area contributed by atoms with Crippen molar-refractivity contribution in [2.24, 2.45) is 0 Å². The average molecular weight is 366 g/mol. The van der Waals surface area contributed by atoms with Crippen molar-refractivity contribution in [3.05, 3.63) is 89.2 Å². The first-order chi connectivity index (χ1) is 13.2. The van der Waals surface area contributed by atoms with Crippen LogP contribution in [0.1, 0.15) is 23.0 Å². The molecule has 0 unspecified atom stereocenters. The van der Waals surface area contributed by atoms with E-state index in [4.69, 9.17) is 18.9 Å². The molecular formula is C22H19FO4. The monoisotopic (exact) mass is 366 g/mol. The highest BCUT2D eigenvalue weighted by molar-refractivity contribution is 5.44. The predicted molar refractivity (Wildman–Crippen MR) is 98.3 cm³/mol. The van der Waals surface area contributed by atoms with E-state index in [9.17, 15) is 4.39 Å². The first-order valence-electron chi connectivity index (χ1n) is 8.65. The van der Waals surface area contributed by atoms with Gasteiger partial charge in [0, 0.05) is 16.7 Å². The van der Waals surface area contributed by atoms with Gasteiger partial charge in [0.2, 0.25) is 6.29 Å². The molecule has 0 fully saturated rings. The van der Waals surface area contributed by atoms with Gasteiger partial charge in [-0.25, -0.2) is 4.39 Å². The quantitative estimate of drug-likeness (QED) is 0.635. The third-order valence-corrected chi connectivity index (χ3v) is 4.35. The Hall–Kier alpha value is -3.05. The molecular weight excluding hydrogens is 347 g/mol. The summed E-state index contributed by atoms with van der Waals surface area (Å²) in [5.41, 5.74) is 2.20. The summed E-state index contributed by atoms with van der Waals surface area (Å²) < 4.78 is 37.0. The number of benzene rings is 3. The molecule has 138 valence electrons. The molecule has 3 aromatic carbocycles. The van der Waals surface area contributed by atoms with Gasteiger partial charge in [0.15, 0.2) is 11.5 Å². The van der Waals surface area contributed by atoms with Gasteiger partial charge in [-0.2, -0.15) is 0 Å². The zero-order valence-electron chi connectivity index (χ0n) is 14.9. The molecule has 0 amide bonds. The van der Waals surface area contributed by atoms with E-state index >= 15 is 0 Å². The van der Waals surface area contributed by atoms with Crippen molar-refractivity contribution in [1.29, 1.82) is 0 Å². The van der Waals surface area contributed by atoms with Crippen molar-refractivity contribution in [3.63, 3.8) is 0 Å². The van der Waals surface area contributed by atoms with Gasteiger partial charge in [-0.1, -0.05) is 42.5 Å². The summed E-state index contributed by atoms with van der Waals surface area (Å²) >= 11 is 0. The van der Waals surface area contributed by atoms with Crippen LogP contribution in [-0.4, -0.2) is 7.11 Å². The summed E-state index contributed by atoms with van der Waals surface area (Å²) in [4.78, 5) is 0. The summed E-state index contributed by atoms with van der Waals surface area (Å²) in [6.45, 7) is 0.427. The molecule has 0 aliphatic carbocycles. The Morgan fingerprint density at radius 3 is 2.52 bits per heavy atom. The highest BCUT2D eigenvalue weighted by atomic mass is 19.1. The van der Waals surface area contributed by atoms with E-state index in [1.54, 1.807) is 13.2 Å². The van der Waals surface area contributed by atoms with Crippen LogP contribution in [0, 0.1) is 5.82 Å². The summed E-state index contributed by atoms with van der Waals surface area (Å²) in [6.07, 6.45) is -0.533. The molecule has 1 aliphatic heterocycles. The molecule has 1 aliphatic rings. The summed E-state index contributed by atoms with van der Waals surface area (Å²) in [6, 6.07) is 19.9. The lowest BCUT2D eigenvalue weighted by Crippen LogP contribution is -2.19. The van der Waals surface area contributed by atoms with Crippen LogP contribution < -0.4 is 14.2 Å². The van der Waals surface area contributed by atoms with E-state index < -0.39 is 6.29 Å². The molecule has 0 bridgehead atoms. The molecule has 27 heavy (non-hydrogen) atoms. The van der Waals surface area contributed by atoms with E-state index in [2.05, 4.69) is 0 Å². The largest absolute Gasteiger partial charge is 0.493 e. The summed E-state index contributed by atoms with van der Waals surface area (Å²) in [5.74, 6) is 1.46. The van der Waals surface area contributed by atoms with Crippen LogP contribution in [0.5, 0.6) is 17.2 Å². The van der Waals surface area contributed by atoms with Crippen molar-refractivity contribution in [1.82, 2.24) is 0 Å². The Balaban J connectivity index is 1.60. The second kappa shape index (κ2) is 7.68. The van der Waals surface area contributed by atoms with Crippen molar-refractivity contribution in [2.75, 3.05) is 7.11 Å². The summed E-state index contributed by atoms with van der Waals surface area (Å²) in [7, 11) is 1.58. The third-order valence-electron chi connectivity index (χ3n) is 4.35. The zero-order chi connectivity index (χ0) is 18.6. The number of methoxy groups -OCH3 is 1. The molecule has 4 nitrogen and oxygen atoms in total. The maximum atomic E-state index is 14.1. The molecule has 0 saturated carbocycles. The Morgan fingerprint density at radius 1 is 1.00 bits per heavy atom. The van der Waals surface area contributed by atoms with Crippen molar-refractivity contribution in [2.45, 2.75) is 19.5 Å². The van der Waals surface area contributed by atoms with E-state index in [0.29, 0.717) is 28.4 Å². The molecule has 0 spiro atoms. The Bertz CT molecular complexity index is 927. The fraction of sp³-hybridized carbons (Fsp3) is 0.182. The van der Waals surface area contributed by atoms with Gasteiger partial charge >= 0.3 is 0 Å². The molecule has 1 atom stereocenters. The molecule has 1 heterocycles. The number of hydrogen-bond donors (Lipinski definition) is 0. The minimum absolute atomic E-state index is 0.155. The SMILES string of the molecule is COc1ccccc1OCc1cc(F)cc2c1O[C@H](c1ccccc1)OC2. The maximum Gasteiger partial charge on any atom is 0.227 e. The van der Waals surface area contributed by atoms with Crippen LogP contribution in [-0.2, 0) is 18.0 Å². The zero-order valence-corrected chi connectivity index (χ0v) is 14.9. The smallest absolute Gasteiger partial charge is 0.227 e. The number of fused-ring (bicyclic) bond motifs is 1. The number of rotatable bonds is 5. The number of ether oxygens (including phenoxy) is 4. The lowest BCUT2D eigenvalue weighted by molar-refractivity contribution is -0.112. The Kier molecular flexibility index (Phi) is 4.94. The van der Waals surface area contributed by atoms with E-state index in [-0.39, 0.29) is 19.0 Å². The van der Waals surface area contributed by atoms with Gasteiger partial charge in [-0.3, -0.25) is 0 Å². The second-order valence-corrected chi connectivity index (χ2v) is 6.16. The third kappa shape index (κ3) is 3.73. The number of halogens is 1. The molecule has 3 aromatic rings. The molecule has 0 N–H and O–H groups in total. The predicted octanol–water partition coefficient (Wildman–Crippen LogP) is 5.02. The van der Waals surface area contributed by atoms with Crippen LogP contribution in [0.2, 0.25) is 0 Å². The molecule has 4 rings (SSSR count). The first kappa shape index (κ1) is 17.4. The van der Waals surface area contributed by atoms with E-state index in [1.165, 1.54) is 12.1 Å². The minimum Gasteiger partial charge on any atom is -0.493 e. The first-order valence-corrected chi connectivity index (χ1v) is 8.65. The lowest BCUT2D eigenvalue weighted by atomic mass is 10.1. The second-order valence-electron chi connectivity index (χ2n) is 6.16. The highest BCUT2D eigenvalue weighted by Crippen LogP contribution is 2.37. The minimum atomic E-state index is -0.533. The average Bonchev–Trinajstić information content (AvgIpc) is 2.72. The molecule has 0 aromatic heterocycles. The fourth-order valence-corrected chi connectivity index (χ4v) is 3.05. The van der Waals surface area contributed by atoms with Gasteiger partial charge in [-0.15, -0.1) is 0 Å². The van der Waals surface area contributed by atoms with E-state index in [1.807, 2.05) is 48.5 Å². The standard InChI is InChI=1S/C22H19FO4/c1-24-19-9-5-6-10-20(19)25-13-16-11-18(23)12-17-14-26-22(27-21(16)17)15-7-3-2-4-8-15/h2-12,22H,13-14H2,1H3/t22-/m1/s1. The number of para-hydroxylation sites is 2. The normalized spacial score (nSPS) is 15.6. The van der Waals surface area contributed by atoms with E-state index in [0.717, 1.165) is 5.56 Å². The fourth-order valence-electron chi connectivity index (χ4n) is 3.05. The van der Waals surface area contributed by atoms with Crippen molar-refractivity contribution >= 4 is 0 Å². The van der Waals surface area contributed by atoms with Crippen molar-refractivity contribution in [3.8, 4) is 17.2 Å².